The van der Waals surface area contributed by atoms with Crippen LogP contribution in [0.25, 0.3) is 0 Å². The van der Waals surface area contributed by atoms with Gasteiger partial charge in [0.25, 0.3) is 0 Å². The van der Waals surface area contributed by atoms with Crippen LogP contribution in [0.15, 0.2) is 22.8 Å². The fourth-order valence-electron chi connectivity index (χ4n) is 11.1. The maximum Gasteiger partial charge on any atom is 0.331 e. The lowest BCUT2D eigenvalue weighted by Gasteiger charge is -2.63. The number of hydrogen-bond donors (Lipinski definition) is 5. The number of carbonyl (C=O) groups excluding carboxylic acids is 2. The minimum atomic E-state index is -1.18. The molecule has 0 aromatic heterocycles. The highest BCUT2D eigenvalue weighted by Gasteiger charge is 2.71. The van der Waals surface area contributed by atoms with Crippen LogP contribution in [0.3, 0.4) is 0 Å². The zero-order valence-corrected chi connectivity index (χ0v) is 26.6. The molecule has 0 aliphatic heterocycles. The molecule has 240 valence electrons. The standard InChI is InChI=1S/C35H52O8/c1-19(13-22(37)15-21(31(42)43)14-20(2)36)23-16-28(41)33(5)29-24(38)17-26-32(3,4)27(40)9-12-34(26)10-7-6-8-11-35(23,33)18-25(39)30(29)34/h15,19-20,22-24,26,28,36-38,41H,6-14,16-18H2,1-5H3,(H,42,43)/b21-15+/t19-,20+,22+,23-,24-,26-,28+,33+,34+,35-/m1/s1. The summed E-state index contributed by atoms with van der Waals surface area (Å²) in [4.78, 5) is 39.5. The van der Waals surface area contributed by atoms with E-state index in [-0.39, 0.29) is 54.2 Å². The van der Waals surface area contributed by atoms with Crippen LogP contribution in [0.1, 0.15) is 112 Å². The van der Waals surface area contributed by atoms with Crippen LogP contribution < -0.4 is 0 Å². The second-order valence-electron chi connectivity index (χ2n) is 15.6. The quantitative estimate of drug-likeness (QED) is 0.268. The van der Waals surface area contributed by atoms with Gasteiger partial charge in [-0.15, -0.1) is 0 Å². The lowest BCUT2D eigenvalue weighted by atomic mass is 9.40. The zero-order valence-electron chi connectivity index (χ0n) is 26.6. The summed E-state index contributed by atoms with van der Waals surface area (Å²) in [6, 6.07) is 0. The molecule has 5 N–H and O–H groups in total. The molecule has 8 nitrogen and oxygen atoms in total. The molecule has 43 heavy (non-hydrogen) atoms. The summed E-state index contributed by atoms with van der Waals surface area (Å²) < 4.78 is 0. The number of carboxylic acid groups (broad SMARTS) is 1. The van der Waals surface area contributed by atoms with Gasteiger partial charge >= 0.3 is 5.97 Å². The summed E-state index contributed by atoms with van der Waals surface area (Å²) in [5, 5.41) is 54.3. The van der Waals surface area contributed by atoms with E-state index in [9.17, 15) is 39.9 Å². The largest absolute Gasteiger partial charge is 0.478 e. The van der Waals surface area contributed by atoms with Gasteiger partial charge in [-0.3, -0.25) is 9.59 Å². The molecule has 0 aromatic rings. The third-order valence-corrected chi connectivity index (χ3v) is 13.0. The molecule has 5 aliphatic rings. The van der Waals surface area contributed by atoms with Crippen LogP contribution >= 0.6 is 0 Å². The number of rotatable bonds is 7. The summed E-state index contributed by atoms with van der Waals surface area (Å²) in [6.07, 6.45) is 4.45. The number of aliphatic hydroxyl groups is 4. The molecule has 3 fully saturated rings. The SMILES string of the molecule is C[C@H](O)C/C(=C\[C@@H](O)C[C@@H](C)[C@H]1C[C@H](O)[C@@]2(C)C3=C4C(=O)C[C@]12CCCCC[C@@]41CCC(=O)C(C)(C)[C@H]1C[C@H]3O)C(=O)O. The van der Waals surface area contributed by atoms with E-state index >= 15 is 0 Å². The van der Waals surface area contributed by atoms with Crippen molar-refractivity contribution in [2.75, 3.05) is 0 Å². The van der Waals surface area contributed by atoms with Crippen molar-refractivity contribution in [1.82, 2.24) is 0 Å². The van der Waals surface area contributed by atoms with Gasteiger partial charge in [0.15, 0.2) is 5.78 Å². The molecule has 2 spiro atoms. The van der Waals surface area contributed by atoms with Crippen molar-refractivity contribution in [1.29, 1.82) is 0 Å². The lowest BCUT2D eigenvalue weighted by molar-refractivity contribution is -0.150. The molecule has 8 heteroatoms. The fraction of sp³-hybridized carbons (Fsp3) is 0.800. The first-order valence-electron chi connectivity index (χ1n) is 16.5. The predicted molar refractivity (Wildman–Crippen MR) is 161 cm³/mol. The molecule has 0 radical (unpaired) electrons. The Morgan fingerprint density at radius 3 is 2.33 bits per heavy atom. The van der Waals surface area contributed by atoms with E-state index in [2.05, 4.69) is 6.92 Å². The molecule has 0 aromatic carbocycles. The summed E-state index contributed by atoms with van der Waals surface area (Å²) in [6.45, 7) is 9.55. The molecule has 5 aliphatic carbocycles. The average Bonchev–Trinajstić information content (AvgIpc) is 3.13. The number of carbonyl (C=O) groups is 3. The number of ketones is 2. The van der Waals surface area contributed by atoms with Gasteiger partial charge in [-0.25, -0.2) is 4.79 Å². The minimum absolute atomic E-state index is 0.0374. The van der Waals surface area contributed by atoms with Gasteiger partial charge in [0.2, 0.25) is 0 Å². The lowest BCUT2D eigenvalue weighted by Crippen LogP contribution is -2.62. The number of aliphatic hydroxyl groups excluding tert-OH is 4. The van der Waals surface area contributed by atoms with Crippen molar-refractivity contribution in [2.45, 2.75) is 136 Å². The van der Waals surface area contributed by atoms with E-state index in [1.54, 1.807) is 0 Å². The third kappa shape index (κ3) is 4.81. The van der Waals surface area contributed by atoms with Crippen LogP contribution in [0.5, 0.6) is 0 Å². The predicted octanol–water partition coefficient (Wildman–Crippen LogP) is 4.52. The van der Waals surface area contributed by atoms with Gasteiger partial charge < -0.3 is 25.5 Å². The molecule has 0 saturated heterocycles. The molecule has 0 heterocycles. The van der Waals surface area contributed by atoms with Crippen LogP contribution in [0, 0.1) is 39.4 Å². The third-order valence-electron chi connectivity index (χ3n) is 13.0. The van der Waals surface area contributed by atoms with Crippen LogP contribution in [0.2, 0.25) is 0 Å². The number of Topliss-reactive ketones (excluding diaryl/α,β-unsaturated/α-hetero) is 2. The number of carboxylic acids is 1. The molecular weight excluding hydrogens is 548 g/mol. The van der Waals surface area contributed by atoms with Crippen LogP contribution in [-0.2, 0) is 14.4 Å². The summed E-state index contributed by atoms with van der Waals surface area (Å²) in [5.74, 6) is -1.32. The number of aliphatic carboxylic acids is 1. The monoisotopic (exact) mass is 600 g/mol. The van der Waals surface area contributed by atoms with Crippen LogP contribution in [0.4, 0.5) is 0 Å². The van der Waals surface area contributed by atoms with Crippen molar-refractivity contribution >= 4 is 17.5 Å². The smallest absolute Gasteiger partial charge is 0.331 e. The molecular formula is C35H52O8. The van der Waals surface area contributed by atoms with Crippen molar-refractivity contribution in [3.63, 3.8) is 0 Å². The minimum Gasteiger partial charge on any atom is -0.478 e. The zero-order chi connectivity index (χ0) is 31.7. The number of fused-ring (bicyclic) bond motifs is 2. The van der Waals surface area contributed by atoms with Gasteiger partial charge in [0.1, 0.15) is 5.78 Å². The van der Waals surface area contributed by atoms with E-state index in [1.807, 2.05) is 20.8 Å². The van der Waals surface area contributed by atoms with Crippen molar-refractivity contribution < 1.29 is 39.9 Å². The van der Waals surface area contributed by atoms with Crippen molar-refractivity contribution in [2.24, 2.45) is 39.4 Å². The second-order valence-corrected chi connectivity index (χ2v) is 15.6. The molecule has 5 rings (SSSR count). The summed E-state index contributed by atoms with van der Waals surface area (Å²) in [7, 11) is 0. The Kier molecular flexibility index (Phi) is 8.46. The highest BCUT2D eigenvalue weighted by atomic mass is 16.4. The van der Waals surface area contributed by atoms with E-state index in [0.29, 0.717) is 25.7 Å². The normalized spacial score (nSPS) is 41.4. The van der Waals surface area contributed by atoms with Gasteiger partial charge in [0, 0.05) is 46.7 Å². The number of hydrogen-bond acceptors (Lipinski definition) is 7. The van der Waals surface area contributed by atoms with E-state index < -0.39 is 52.0 Å². The average molecular weight is 601 g/mol. The molecule has 10 atom stereocenters. The first-order valence-corrected chi connectivity index (χ1v) is 16.5. The van der Waals surface area contributed by atoms with E-state index in [1.165, 1.54) is 13.0 Å². The van der Waals surface area contributed by atoms with Gasteiger partial charge in [-0.2, -0.15) is 0 Å². The van der Waals surface area contributed by atoms with E-state index in [4.69, 9.17) is 0 Å². The van der Waals surface area contributed by atoms with Crippen molar-refractivity contribution in [3.8, 4) is 0 Å². The Labute approximate surface area is 255 Å². The molecule has 3 saturated carbocycles. The van der Waals surface area contributed by atoms with Crippen molar-refractivity contribution in [3.05, 3.63) is 22.8 Å². The highest BCUT2D eigenvalue weighted by Crippen LogP contribution is 2.74. The Morgan fingerprint density at radius 2 is 1.67 bits per heavy atom. The summed E-state index contributed by atoms with van der Waals surface area (Å²) >= 11 is 0. The summed E-state index contributed by atoms with van der Waals surface area (Å²) in [5.41, 5.74) is -1.14. The van der Waals surface area contributed by atoms with Crippen LogP contribution in [-0.4, -0.2) is 67.5 Å². The Balaban J connectivity index is 1.59. The highest BCUT2D eigenvalue weighted by molar-refractivity contribution is 6.01. The molecule has 2 bridgehead atoms. The van der Waals surface area contributed by atoms with E-state index in [0.717, 1.165) is 43.3 Å². The Bertz CT molecular complexity index is 1230. The maximum absolute atomic E-state index is 14.6. The van der Waals surface area contributed by atoms with Gasteiger partial charge in [-0.05, 0) is 80.3 Å². The second kappa shape index (κ2) is 11.2. The Hall–Kier alpha value is -1.87. The maximum atomic E-state index is 14.6. The first-order chi connectivity index (χ1) is 20.0. The topological polar surface area (TPSA) is 152 Å². The molecule has 0 amide bonds. The Morgan fingerprint density at radius 1 is 1.00 bits per heavy atom. The first kappa shape index (κ1) is 32.5. The fourth-order valence-corrected chi connectivity index (χ4v) is 11.1. The number of allylic oxidation sites excluding steroid dienone is 1. The molecule has 0 unspecified atom stereocenters. The van der Waals surface area contributed by atoms with Gasteiger partial charge in [-0.1, -0.05) is 47.0 Å². The van der Waals surface area contributed by atoms with Gasteiger partial charge in [0.05, 0.1) is 24.4 Å².